The van der Waals surface area contributed by atoms with E-state index in [-0.39, 0.29) is 11.9 Å². The van der Waals surface area contributed by atoms with Crippen molar-refractivity contribution in [3.63, 3.8) is 0 Å². The number of aliphatic carboxylic acids is 1. The predicted molar refractivity (Wildman–Crippen MR) is 73.9 cm³/mol. The van der Waals surface area contributed by atoms with Gasteiger partial charge in [0, 0.05) is 13.1 Å². The quantitative estimate of drug-likeness (QED) is 0.822. The largest absolute Gasteiger partial charge is 0.480 e. The number of nitrogens with zero attached hydrogens (tertiary/aromatic N) is 1. The van der Waals surface area contributed by atoms with Gasteiger partial charge in [0.05, 0.1) is 0 Å². The molecule has 5 heteroatoms. The number of hydrogen-bond donors (Lipinski definition) is 2. The van der Waals surface area contributed by atoms with E-state index >= 15 is 0 Å². The molecule has 1 unspecified atom stereocenters. The minimum atomic E-state index is -0.972. The Morgan fingerprint density at radius 1 is 1.16 bits per heavy atom. The third-order valence-corrected chi connectivity index (χ3v) is 3.98. The molecule has 1 aliphatic rings. The van der Waals surface area contributed by atoms with Crippen molar-refractivity contribution in [1.29, 1.82) is 0 Å². The molecule has 2 amide bonds. The Morgan fingerprint density at radius 3 is 2.05 bits per heavy atom. The van der Waals surface area contributed by atoms with Gasteiger partial charge >= 0.3 is 12.0 Å². The Labute approximate surface area is 115 Å². The average Bonchev–Trinajstić information content (AvgIpc) is 2.34. The molecule has 0 aromatic heterocycles. The zero-order chi connectivity index (χ0) is 14.6. The van der Waals surface area contributed by atoms with Crippen molar-refractivity contribution in [3.8, 4) is 0 Å². The minimum Gasteiger partial charge on any atom is -0.480 e. The van der Waals surface area contributed by atoms with Crippen molar-refractivity contribution >= 4 is 12.0 Å². The molecule has 1 aliphatic heterocycles. The SMILES string of the molecule is CC(C)C1CCN(C(=O)NC(C(=O)O)C(C)C)CC1. The van der Waals surface area contributed by atoms with Crippen LogP contribution in [0.25, 0.3) is 0 Å². The third-order valence-electron chi connectivity index (χ3n) is 3.98. The van der Waals surface area contributed by atoms with E-state index in [4.69, 9.17) is 5.11 Å². The van der Waals surface area contributed by atoms with E-state index in [1.54, 1.807) is 18.7 Å². The van der Waals surface area contributed by atoms with Crippen LogP contribution in [0.15, 0.2) is 0 Å². The summed E-state index contributed by atoms with van der Waals surface area (Å²) in [5, 5.41) is 11.7. The lowest BCUT2D eigenvalue weighted by Crippen LogP contribution is -2.52. The lowest BCUT2D eigenvalue weighted by Gasteiger charge is -2.34. The van der Waals surface area contributed by atoms with Crippen molar-refractivity contribution in [2.24, 2.45) is 17.8 Å². The number of rotatable bonds is 4. The fraction of sp³-hybridized carbons (Fsp3) is 0.857. The fourth-order valence-electron chi connectivity index (χ4n) is 2.51. The number of nitrogens with one attached hydrogen (secondary N) is 1. The Bertz CT molecular complexity index is 321. The first-order chi connectivity index (χ1) is 8.82. The van der Waals surface area contributed by atoms with Gasteiger partial charge in [-0.25, -0.2) is 9.59 Å². The Hall–Kier alpha value is -1.26. The fourth-order valence-corrected chi connectivity index (χ4v) is 2.51. The van der Waals surface area contributed by atoms with Crippen LogP contribution in [0.3, 0.4) is 0 Å². The lowest BCUT2D eigenvalue weighted by molar-refractivity contribution is -0.140. The van der Waals surface area contributed by atoms with Crippen LogP contribution < -0.4 is 5.32 Å². The maximum Gasteiger partial charge on any atom is 0.326 e. The molecule has 1 atom stereocenters. The number of amides is 2. The van der Waals surface area contributed by atoms with Crippen LogP contribution in [0.4, 0.5) is 4.79 Å². The number of hydrogen-bond acceptors (Lipinski definition) is 2. The van der Waals surface area contributed by atoms with Gasteiger partial charge in [0.2, 0.25) is 0 Å². The predicted octanol–water partition coefficient (Wildman–Crippen LogP) is 2.17. The second-order valence-corrected chi connectivity index (χ2v) is 6.08. The van der Waals surface area contributed by atoms with Gasteiger partial charge in [-0.3, -0.25) is 0 Å². The molecule has 0 aromatic rings. The number of likely N-dealkylation sites (tertiary alicyclic amines) is 1. The maximum absolute atomic E-state index is 12.0. The van der Waals surface area contributed by atoms with E-state index in [0.29, 0.717) is 11.8 Å². The van der Waals surface area contributed by atoms with Crippen LogP contribution >= 0.6 is 0 Å². The van der Waals surface area contributed by atoms with Gasteiger partial charge in [-0.1, -0.05) is 27.7 Å². The molecule has 1 saturated heterocycles. The third kappa shape index (κ3) is 4.40. The molecule has 2 N–H and O–H groups in total. The summed E-state index contributed by atoms with van der Waals surface area (Å²) in [6.07, 6.45) is 2.01. The topological polar surface area (TPSA) is 69.6 Å². The first-order valence-corrected chi connectivity index (χ1v) is 7.11. The van der Waals surface area contributed by atoms with Gasteiger partial charge in [0.25, 0.3) is 0 Å². The van der Waals surface area contributed by atoms with E-state index in [2.05, 4.69) is 19.2 Å². The first kappa shape index (κ1) is 15.8. The smallest absolute Gasteiger partial charge is 0.326 e. The summed E-state index contributed by atoms with van der Waals surface area (Å²) < 4.78 is 0. The van der Waals surface area contributed by atoms with Crippen molar-refractivity contribution in [1.82, 2.24) is 10.2 Å². The summed E-state index contributed by atoms with van der Waals surface area (Å²) >= 11 is 0. The molecular weight excluding hydrogens is 244 g/mol. The highest BCUT2D eigenvalue weighted by Crippen LogP contribution is 2.24. The summed E-state index contributed by atoms with van der Waals surface area (Å²) in [5.41, 5.74) is 0. The summed E-state index contributed by atoms with van der Waals surface area (Å²) in [6, 6.07) is -1.06. The number of carboxylic acids is 1. The molecule has 0 saturated carbocycles. The van der Waals surface area contributed by atoms with Gasteiger partial charge in [0.1, 0.15) is 6.04 Å². The van der Waals surface area contributed by atoms with E-state index < -0.39 is 12.0 Å². The first-order valence-electron chi connectivity index (χ1n) is 7.11. The van der Waals surface area contributed by atoms with E-state index in [9.17, 15) is 9.59 Å². The maximum atomic E-state index is 12.0. The molecule has 19 heavy (non-hydrogen) atoms. The van der Waals surface area contributed by atoms with E-state index in [1.807, 2.05) is 0 Å². The van der Waals surface area contributed by atoms with Gasteiger partial charge < -0.3 is 15.3 Å². The average molecular weight is 270 g/mol. The highest BCUT2D eigenvalue weighted by atomic mass is 16.4. The molecular formula is C14H26N2O3. The number of carboxylic acid groups (broad SMARTS) is 1. The van der Waals surface area contributed by atoms with Crippen LogP contribution in [0, 0.1) is 17.8 Å². The number of piperidine rings is 1. The summed E-state index contributed by atoms with van der Waals surface area (Å²) in [5.74, 6) is 0.229. The highest BCUT2D eigenvalue weighted by Gasteiger charge is 2.28. The van der Waals surface area contributed by atoms with Crippen molar-refractivity contribution < 1.29 is 14.7 Å². The number of urea groups is 1. The van der Waals surface area contributed by atoms with Crippen molar-refractivity contribution in [2.45, 2.75) is 46.6 Å². The standard InChI is InChI=1S/C14H26N2O3/c1-9(2)11-5-7-16(8-6-11)14(19)15-12(10(3)4)13(17)18/h9-12H,5-8H2,1-4H3,(H,15,19)(H,17,18). The zero-order valence-corrected chi connectivity index (χ0v) is 12.3. The molecule has 0 spiro atoms. The summed E-state index contributed by atoms with van der Waals surface area (Å²) in [6.45, 7) is 9.45. The highest BCUT2D eigenvalue weighted by molar-refractivity contribution is 5.82. The number of carbonyl (C=O) groups excluding carboxylic acids is 1. The van der Waals surface area contributed by atoms with Crippen molar-refractivity contribution in [2.75, 3.05) is 13.1 Å². The summed E-state index contributed by atoms with van der Waals surface area (Å²) in [4.78, 5) is 24.8. The zero-order valence-electron chi connectivity index (χ0n) is 12.3. The van der Waals surface area contributed by atoms with Crippen molar-refractivity contribution in [3.05, 3.63) is 0 Å². The molecule has 0 bridgehead atoms. The van der Waals surface area contributed by atoms with E-state index in [0.717, 1.165) is 25.9 Å². The Kier molecular flexibility index (Phi) is 5.63. The lowest BCUT2D eigenvalue weighted by atomic mass is 9.87. The molecule has 0 aliphatic carbocycles. The second-order valence-electron chi connectivity index (χ2n) is 6.08. The molecule has 1 rings (SSSR count). The van der Waals surface area contributed by atoms with Crippen LogP contribution in [0.1, 0.15) is 40.5 Å². The van der Waals surface area contributed by atoms with E-state index in [1.165, 1.54) is 0 Å². The Morgan fingerprint density at radius 2 is 1.68 bits per heavy atom. The van der Waals surface area contributed by atoms with Gasteiger partial charge in [-0.15, -0.1) is 0 Å². The van der Waals surface area contributed by atoms with Crippen LogP contribution in [-0.4, -0.2) is 41.1 Å². The molecule has 110 valence electrons. The van der Waals surface area contributed by atoms with Crippen LogP contribution in [0.2, 0.25) is 0 Å². The van der Waals surface area contributed by atoms with Crippen LogP contribution in [0.5, 0.6) is 0 Å². The summed E-state index contributed by atoms with van der Waals surface area (Å²) in [7, 11) is 0. The second kappa shape index (κ2) is 6.78. The molecule has 0 aromatic carbocycles. The van der Waals surface area contributed by atoms with Gasteiger partial charge in [-0.2, -0.15) is 0 Å². The normalized spacial score (nSPS) is 18.7. The van der Waals surface area contributed by atoms with Crippen LogP contribution in [-0.2, 0) is 4.79 Å². The molecule has 5 nitrogen and oxygen atoms in total. The molecule has 1 heterocycles. The number of carbonyl (C=O) groups is 2. The monoisotopic (exact) mass is 270 g/mol. The molecule has 0 radical (unpaired) electrons. The molecule has 1 fully saturated rings. The van der Waals surface area contributed by atoms with Gasteiger partial charge in [0.15, 0.2) is 0 Å². The Balaban J connectivity index is 2.49. The van der Waals surface area contributed by atoms with Gasteiger partial charge in [-0.05, 0) is 30.6 Å². The minimum absolute atomic E-state index is 0.116.